The molecule has 0 N–H and O–H groups in total. The first-order valence-electron chi connectivity index (χ1n) is 4.70. The van der Waals surface area contributed by atoms with Crippen LogP contribution >= 0.6 is 0 Å². The zero-order valence-corrected chi connectivity index (χ0v) is 8.59. The van der Waals surface area contributed by atoms with E-state index in [-0.39, 0.29) is 5.69 Å². The van der Waals surface area contributed by atoms with Gasteiger partial charge in [0.05, 0.1) is 5.69 Å². The summed E-state index contributed by atoms with van der Waals surface area (Å²) in [6.07, 6.45) is 0. The van der Waals surface area contributed by atoms with Crippen LogP contribution in [0.4, 0.5) is 8.78 Å². The maximum absolute atomic E-state index is 13.5. The molecule has 3 heteroatoms. The lowest BCUT2D eigenvalue weighted by molar-refractivity contribution is 0.503. The van der Waals surface area contributed by atoms with Crippen molar-refractivity contribution >= 4 is 0 Å². The normalized spacial score (nSPS) is 10.7. The quantitative estimate of drug-likeness (QED) is 0.675. The molecule has 0 aliphatic rings. The van der Waals surface area contributed by atoms with Crippen LogP contribution in [0, 0.1) is 25.5 Å². The van der Waals surface area contributed by atoms with E-state index in [9.17, 15) is 8.78 Å². The van der Waals surface area contributed by atoms with E-state index in [4.69, 9.17) is 0 Å². The molecule has 0 spiro atoms. The molecule has 2 aromatic rings. The summed E-state index contributed by atoms with van der Waals surface area (Å²) in [6, 6.07) is 7.94. The molecule has 0 atom stereocenters. The van der Waals surface area contributed by atoms with E-state index in [0.29, 0.717) is 0 Å². The minimum absolute atomic E-state index is 0.259. The van der Waals surface area contributed by atoms with Crippen LogP contribution in [-0.2, 0) is 0 Å². The van der Waals surface area contributed by atoms with E-state index in [1.165, 1.54) is 6.07 Å². The van der Waals surface area contributed by atoms with Crippen molar-refractivity contribution in [3.05, 3.63) is 53.4 Å². The Morgan fingerprint density at radius 3 is 2.13 bits per heavy atom. The highest BCUT2D eigenvalue weighted by Gasteiger charge is 2.11. The molecule has 1 aromatic carbocycles. The number of hydrogen-bond acceptors (Lipinski definition) is 0. The first kappa shape index (κ1) is 9.90. The third-order valence-corrected chi connectivity index (χ3v) is 2.44. The Labute approximate surface area is 87.0 Å². The van der Waals surface area contributed by atoms with E-state index >= 15 is 0 Å². The van der Waals surface area contributed by atoms with Crippen molar-refractivity contribution in [1.82, 2.24) is 4.57 Å². The summed E-state index contributed by atoms with van der Waals surface area (Å²) in [6.45, 7) is 3.72. The number of nitrogens with zero attached hydrogens (tertiary/aromatic N) is 1. The van der Waals surface area contributed by atoms with Gasteiger partial charge in [-0.3, -0.25) is 0 Å². The number of rotatable bonds is 1. The number of aryl methyl sites for hydroxylation is 2. The lowest BCUT2D eigenvalue weighted by Crippen LogP contribution is -2.03. The average molecular weight is 207 g/mol. The fraction of sp³-hybridized carbons (Fsp3) is 0.167. The molecular formula is C12H11F2N. The molecule has 0 amide bonds. The molecule has 0 fully saturated rings. The van der Waals surface area contributed by atoms with Crippen LogP contribution in [-0.4, -0.2) is 4.57 Å². The van der Waals surface area contributed by atoms with Crippen molar-refractivity contribution < 1.29 is 8.78 Å². The van der Waals surface area contributed by atoms with Crippen LogP contribution < -0.4 is 0 Å². The molecule has 0 saturated heterocycles. The van der Waals surface area contributed by atoms with Gasteiger partial charge in [0, 0.05) is 11.4 Å². The zero-order chi connectivity index (χ0) is 11.0. The molecule has 0 unspecified atom stereocenters. The molecule has 0 aliphatic heterocycles. The van der Waals surface area contributed by atoms with Crippen molar-refractivity contribution in [2.24, 2.45) is 0 Å². The molecule has 0 bridgehead atoms. The van der Waals surface area contributed by atoms with Gasteiger partial charge in [0.1, 0.15) is 0 Å². The monoisotopic (exact) mass is 207 g/mol. The summed E-state index contributed by atoms with van der Waals surface area (Å²) in [5.41, 5.74) is 2.03. The molecule has 0 radical (unpaired) electrons. The zero-order valence-electron chi connectivity index (χ0n) is 8.59. The van der Waals surface area contributed by atoms with E-state index in [1.54, 1.807) is 10.6 Å². The van der Waals surface area contributed by atoms with Gasteiger partial charge in [-0.25, -0.2) is 8.78 Å². The predicted molar refractivity (Wildman–Crippen MR) is 55.2 cm³/mol. The van der Waals surface area contributed by atoms with Crippen molar-refractivity contribution in [2.45, 2.75) is 13.8 Å². The van der Waals surface area contributed by atoms with Gasteiger partial charge < -0.3 is 4.57 Å². The topological polar surface area (TPSA) is 4.93 Å². The number of aromatic nitrogens is 1. The fourth-order valence-corrected chi connectivity index (χ4v) is 1.71. The Kier molecular flexibility index (Phi) is 2.31. The minimum Gasteiger partial charge on any atom is -0.316 e. The van der Waals surface area contributed by atoms with Gasteiger partial charge in [0.15, 0.2) is 11.6 Å². The number of halogens is 2. The summed E-state index contributed by atoms with van der Waals surface area (Å²) in [7, 11) is 0. The van der Waals surface area contributed by atoms with Crippen LogP contribution in [0.3, 0.4) is 0 Å². The summed E-state index contributed by atoms with van der Waals surface area (Å²) in [4.78, 5) is 0. The van der Waals surface area contributed by atoms with Crippen LogP contribution in [0.2, 0.25) is 0 Å². The third-order valence-electron chi connectivity index (χ3n) is 2.44. The maximum Gasteiger partial charge on any atom is 0.182 e. The molecule has 2 rings (SSSR count). The lowest BCUT2D eigenvalue weighted by Gasteiger charge is -2.10. The Morgan fingerprint density at radius 1 is 0.933 bits per heavy atom. The minimum atomic E-state index is -0.819. The van der Waals surface area contributed by atoms with Crippen LogP contribution in [0.1, 0.15) is 11.4 Å². The highest BCUT2D eigenvalue weighted by Crippen LogP contribution is 2.20. The summed E-state index contributed by atoms with van der Waals surface area (Å²) in [5.74, 6) is -1.63. The van der Waals surface area contributed by atoms with E-state index in [1.807, 2.05) is 26.0 Å². The van der Waals surface area contributed by atoms with E-state index in [2.05, 4.69) is 0 Å². The van der Waals surface area contributed by atoms with E-state index in [0.717, 1.165) is 17.5 Å². The standard InChI is InChI=1S/C12H11F2N/c1-8-6-7-9(2)15(8)11-5-3-4-10(13)12(11)14/h3-7H,1-2H3. The Hall–Kier alpha value is -1.64. The third kappa shape index (κ3) is 1.54. The molecule has 0 saturated carbocycles. The second-order valence-corrected chi connectivity index (χ2v) is 3.52. The largest absolute Gasteiger partial charge is 0.316 e. The van der Waals surface area contributed by atoms with Crippen LogP contribution in [0.5, 0.6) is 0 Å². The SMILES string of the molecule is Cc1ccc(C)n1-c1cccc(F)c1F. The van der Waals surface area contributed by atoms with Gasteiger partial charge in [-0.15, -0.1) is 0 Å². The summed E-state index contributed by atoms with van der Waals surface area (Å²) in [5, 5.41) is 0. The van der Waals surface area contributed by atoms with Gasteiger partial charge in [-0.2, -0.15) is 0 Å². The van der Waals surface area contributed by atoms with Gasteiger partial charge in [-0.1, -0.05) is 6.07 Å². The molecular weight excluding hydrogens is 196 g/mol. The molecule has 78 valence electrons. The second kappa shape index (κ2) is 3.50. The maximum atomic E-state index is 13.5. The number of benzene rings is 1. The van der Waals surface area contributed by atoms with Crippen molar-refractivity contribution in [3.63, 3.8) is 0 Å². The van der Waals surface area contributed by atoms with Gasteiger partial charge in [-0.05, 0) is 38.1 Å². The van der Waals surface area contributed by atoms with Gasteiger partial charge in [0.2, 0.25) is 0 Å². The Balaban J connectivity index is 2.69. The first-order chi connectivity index (χ1) is 7.11. The highest BCUT2D eigenvalue weighted by atomic mass is 19.2. The summed E-state index contributed by atoms with van der Waals surface area (Å²) >= 11 is 0. The first-order valence-corrected chi connectivity index (χ1v) is 4.70. The molecule has 1 heterocycles. The lowest BCUT2D eigenvalue weighted by atomic mass is 10.2. The Bertz CT molecular complexity index is 481. The number of hydrogen-bond donors (Lipinski definition) is 0. The van der Waals surface area contributed by atoms with Gasteiger partial charge >= 0.3 is 0 Å². The van der Waals surface area contributed by atoms with Crippen molar-refractivity contribution in [3.8, 4) is 5.69 Å². The molecule has 1 nitrogen and oxygen atoms in total. The summed E-state index contributed by atoms with van der Waals surface area (Å²) < 4.78 is 28.3. The highest BCUT2D eigenvalue weighted by molar-refractivity contribution is 5.39. The average Bonchev–Trinajstić information content (AvgIpc) is 2.52. The van der Waals surface area contributed by atoms with Crippen molar-refractivity contribution in [2.75, 3.05) is 0 Å². The smallest absolute Gasteiger partial charge is 0.182 e. The van der Waals surface area contributed by atoms with Crippen molar-refractivity contribution in [1.29, 1.82) is 0 Å². The molecule has 15 heavy (non-hydrogen) atoms. The van der Waals surface area contributed by atoms with Gasteiger partial charge in [0.25, 0.3) is 0 Å². The Morgan fingerprint density at radius 2 is 1.53 bits per heavy atom. The molecule has 1 aromatic heterocycles. The predicted octanol–water partition coefficient (Wildman–Crippen LogP) is 3.37. The van der Waals surface area contributed by atoms with Crippen LogP contribution in [0.15, 0.2) is 30.3 Å². The second-order valence-electron chi connectivity index (χ2n) is 3.52. The molecule has 0 aliphatic carbocycles. The van der Waals surface area contributed by atoms with E-state index < -0.39 is 11.6 Å². The van der Waals surface area contributed by atoms with Crippen LogP contribution in [0.25, 0.3) is 5.69 Å². The fourth-order valence-electron chi connectivity index (χ4n) is 1.71.